The predicted molar refractivity (Wildman–Crippen MR) is 102 cm³/mol. The van der Waals surface area contributed by atoms with E-state index in [0.717, 1.165) is 11.1 Å². The summed E-state index contributed by atoms with van der Waals surface area (Å²) in [6, 6.07) is 12.9. The molecule has 0 spiro atoms. The van der Waals surface area contributed by atoms with E-state index in [-0.39, 0.29) is 12.6 Å². The maximum atomic E-state index is 13.3. The summed E-state index contributed by atoms with van der Waals surface area (Å²) >= 11 is 0. The summed E-state index contributed by atoms with van der Waals surface area (Å²) in [5.74, 6) is -0.449. The Hall–Kier alpha value is -3.41. The number of nitrogens with zero attached hydrogens (tertiary/aromatic N) is 1. The van der Waals surface area contributed by atoms with Crippen molar-refractivity contribution < 1.29 is 23.8 Å². The molecule has 2 heterocycles. The van der Waals surface area contributed by atoms with Crippen LogP contribution < -0.4 is 9.47 Å². The Kier molecular flexibility index (Phi) is 3.62. The van der Waals surface area contributed by atoms with Gasteiger partial charge in [-0.15, -0.1) is 0 Å². The number of Topliss-reactive ketones (excluding diaryl/α,β-unsaturated/α-hetero) is 1. The standard InChI is InChI=1S/C22H17NO5/c1-11-17(22(25)26-2)18(12-7-8-15-16(9-12)28-10-27-15)19-20(23-11)13-5-3-4-6-14(13)21(19)24/h3-9,17-18H,10H2,1-2H3/t17?,18-/m1/s1. The highest BCUT2D eigenvalue weighted by Gasteiger charge is 2.46. The van der Waals surface area contributed by atoms with Gasteiger partial charge in [-0.25, -0.2) is 0 Å². The van der Waals surface area contributed by atoms with Crippen LogP contribution in [0.5, 0.6) is 11.5 Å². The van der Waals surface area contributed by atoms with E-state index >= 15 is 0 Å². The molecule has 2 atom stereocenters. The van der Waals surface area contributed by atoms with Crippen LogP contribution in [-0.2, 0) is 9.53 Å². The van der Waals surface area contributed by atoms with Gasteiger partial charge in [-0.1, -0.05) is 30.3 Å². The van der Waals surface area contributed by atoms with E-state index in [1.54, 1.807) is 19.1 Å². The SMILES string of the molecule is COC(=O)C1C(C)=NC2=C(C(=O)c3ccccc32)[C@@H]1c1ccc2c(c1)OCO2. The molecule has 2 aromatic rings. The molecule has 0 fully saturated rings. The van der Waals surface area contributed by atoms with Gasteiger partial charge in [0.15, 0.2) is 17.3 Å². The van der Waals surface area contributed by atoms with Crippen LogP contribution in [0, 0.1) is 5.92 Å². The van der Waals surface area contributed by atoms with E-state index < -0.39 is 17.8 Å². The van der Waals surface area contributed by atoms with Crippen molar-refractivity contribution in [3.8, 4) is 11.5 Å². The first-order chi connectivity index (χ1) is 13.6. The van der Waals surface area contributed by atoms with Crippen molar-refractivity contribution in [3.63, 3.8) is 0 Å². The monoisotopic (exact) mass is 375 g/mol. The molecular formula is C22H17NO5. The Morgan fingerprint density at radius 3 is 2.64 bits per heavy atom. The molecule has 3 aliphatic rings. The number of esters is 1. The molecule has 140 valence electrons. The number of ether oxygens (including phenoxy) is 3. The van der Waals surface area contributed by atoms with Crippen molar-refractivity contribution in [2.75, 3.05) is 13.9 Å². The lowest BCUT2D eigenvalue weighted by Crippen LogP contribution is -2.34. The predicted octanol–water partition coefficient (Wildman–Crippen LogP) is 3.37. The van der Waals surface area contributed by atoms with Crippen LogP contribution in [0.1, 0.15) is 34.3 Å². The zero-order valence-electron chi connectivity index (χ0n) is 15.4. The maximum absolute atomic E-state index is 13.3. The van der Waals surface area contributed by atoms with Gasteiger partial charge in [0.1, 0.15) is 5.92 Å². The first kappa shape index (κ1) is 16.7. The van der Waals surface area contributed by atoms with Crippen molar-refractivity contribution in [3.05, 3.63) is 64.7 Å². The first-order valence-corrected chi connectivity index (χ1v) is 9.01. The highest BCUT2D eigenvalue weighted by Crippen LogP contribution is 2.49. The molecule has 0 radical (unpaired) electrons. The number of ketones is 1. The summed E-state index contributed by atoms with van der Waals surface area (Å²) in [5, 5.41) is 0. The number of carbonyl (C=O) groups is 2. The molecule has 0 saturated heterocycles. The number of carbonyl (C=O) groups excluding carboxylic acids is 2. The summed E-state index contributed by atoms with van der Waals surface area (Å²) < 4.78 is 16.0. The minimum absolute atomic E-state index is 0.0987. The summed E-state index contributed by atoms with van der Waals surface area (Å²) in [6.07, 6.45) is 0. The molecule has 0 amide bonds. The van der Waals surface area contributed by atoms with E-state index in [9.17, 15) is 9.59 Å². The third-order valence-corrected chi connectivity index (χ3v) is 5.52. The van der Waals surface area contributed by atoms with Crippen LogP contribution in [0.2, 0.25) is 0 Å². The second kappa shape index (κ2) is 6.05. The zero-order chi connectivity index (χ0) is 19.4. The third kappa shape index (κ3) is 2.24. The highest BCUT2D eigenvalue weighted by atomic mass is 16.7. The Morgan fingerprint density at radius 2 is 1.86 bits per heavy atom. The molecule has 0 saturated carbocycles. The largest absolute Gasteiger partial charge is 0.468 e. The molecule has 0 aromatic heterocycles. The molecule has 2 aromatic carbocycles. The molecule has 5 rings (SSSR count). The number of benzene rings is 2. The van der Waals surface area contributed by atoms with E-state index in [2.05, 4.69) is 4.99 Å². The fourth-order valence-corrected chi connectivity index (χ4v) is 4.25. The lowest BCUT2D eigenvalue weighted by atomic mass is 9.75. The molecule has 1 aliphatic carbocycles. The first-order valence-electron chi connectivity index (χ1n) is 9.01. The Morgan fingerprint density at radius 1 is 1.11 bits per heavy atom. The van der Waals surface area contributed by atoms with Gasteiger partial charge in [0.2, 0.25) is 6.79 Å². The van der Waals surface area contributed by atoms with E-state index in [0.29, 0.717) is 34.0 Å². The Bertz CT molecular complexity index is 1100. The Labute approximate surface area is 161 Å². The van der Waals surface area contributed by atoms with Gasteiger partial charge >= 0.3 is 5.97 Å². The number of aliphatic imine (C=N–C) groups is 1. The number of methoxy groups -OCH3 is 1. The summed E-state index contributed by atoms with van der Waals surface area (Å²) in [6.45, 7) is 1.96. The molecule has 1 unspecified atom stereocenters. The average Bonchev–Trinajstić information content (AvgIpc) is 3.29. The van der Waals surface area contributed by atoms with Crippen LogP contribution in [0.3, 0.4) is 0 Å². The molecule has 0 bridgehead atoms. The lowest BCUT2D eigenvalue weighted by molar-refractivity contribution is -0.143. The highest BCUT2D eigenvalue weighted by molar-refractivity contribution is 6.24. The molecule has 28 heavy (non-hydrogen) atoms. The minimum atomic E-state index is -0.678. The van der Waals surface area contributed by atoms with E-state index in [1.807, 2.05) is 30.3 Å². The maximum Gasteiger partial charge on any atom is 0.315 e. The lowest BCUT2D eigenvalue weighted by Gasteiger charge is -2.30. The fraction of sp³-hybridized carbons (Fsp3) is 0.227. The normalized spacial score (nSPS) is 21.9. The van der Waals surface area contributed by atoms with Crippen LogP contribution in [0.4, 0.5) is 0 Å². The number of hydrogen-bond acceptors (Lipinski definition) is 6. The van der Waals surface area contributed by atoms with Crippen LogP contribution in [0.25, 0.3) is 5.70 Å². The van der Waals surface area contributed by atoms with Crippen LogP contribution in [0.15, 0.2) is 53.0 Å². The van der Waals surface area contributed by atoms with Gasteiger partial charge in [0, 0.05) is 28.3 Å². The van der Waals surface area contributed by atoms with Gasteiger partial charge in [0.25, 0.3) is 0 Å². The van der Waals surface area contributed by atoms with Gasteiger partial charge in [-0.05, 0) is 24.6 Å². The van der Waals surface area contributed by atoms with Crippen molar-refractivity contribution in [2.45, 2.75) is 12.8 Å². The number of rotatable bonds is 2. The smallest absolute Gasteiger partial charge is 0.315 e. The van der Waals surface area contributed by atoms with Crippen LogP contribution >= 0.6 is 0 Å². The van der Waals surface area contributed by atoms with Gasteiger partial charge in [-0.3, -0.25) is 14.6 Å². The molecule has 6 heteroatoms. The number of fused-ring (bicyclic) bond motifs is 3. The quantitative estimate of drug-likeness (QED) is 0.753. The van der Waals surface area contributed by atoms with Gasteiger partial charge in [0.05, 0.1) is 12.8 Å². The topological polar surface area (TPSA) is 74.2 Å². The van der Waals surface area contributed by atoms with Crippen molar-refractivity contribution >= 4 is 23.2 Å². The summed E-state index contributed by atoms with van der Waals surface area (Å²) in [4.78, 5) is 30.6. The van der Waals surface area contributed by atoms with Crippen molar-refractivity contribution in [2.24, 2.45) is 10.9 Å². The minimum Gasteiger partial charge on any atom is -0.468 e. The molecular weight excluding hydrogens is 358 g/mol. The van der Waals surface area contributed by atoms with E-state index in [4.69, 9.17) is 14.2 Å². The number of hydrogen-bond donors (Lipinski definition) is 0. The van der Waals surface area contributed by atoms with Gasteiger partial charge < -0.3 is 14.2 Å². The summed E-state index contributed by atoms with van der Waals surface area (Å²) in [5.41, 5.74) is 4.00. The molecule has 0 N–H and O–H groups in total. The summed E-state index contributed by atoms with van der Waals surface area (Å²) in [7, 11) is 1.35. The average molecular weight is 375 g/mol. The van der Waals surface area contributed by atoms with Gasteiger partial charge in [-0.2, -0.15) is 0 Å². The molecule has 6 nitrogen and oxygen atoms in total. The zero-order valence-corrected chi connectivity index (χ0v) is 15.4. The van der Waals surface area contributed by atoms with Crippen LogP contribution in [-0.4, -0.2) is 31.4 Å². The van der Waals surface area contributed by atoms with Crippen molar-refractivity contribution in [1.82, 2.24) is 0 Å². The Balaban J connectivity index is 1.73. The number of allylic oxidation sites excluding steroid dienone is 1. The third-order valence-electron chi connectivity index (χ3n) is 5.52. The fourth-order valence-electron chi connectivity index (χ4n) is 4.25. The van der Waals surface area contributed by atoms with E-state index in [1.165, 1.54) is 7.11 Å². The van der Waals surface area contributed by atoms with Crippen molar-refractivity contribution in [1.29, 1.82) is 0 Å². The molecule has 2 aliphatic heterocycles. The second-order valence-electron chi connectivity index (χ2n) is 6.98. The second-order valence-corrected chi connectivity index (χ2v) is 6.98.